The summed E-state index contributed by atoms with van der Waals surface area (Å²) in [5.74, 6) is -1.86. The molecule has 0 saturated carbocycles. The average molecular weight is 412 g/mol. The van der Waals surface area contributed by atoms with Gasteiger partial charge in [-0.2, -0.15) is 0 Å². The van der Waals surface area contributed by atoms with Crippen LogP contribution in [0.3, 0.4) is 0 Å². The second kappa shape index (κ2) is 8.65. The fourth-order valence-corrected chi connectivity index (χ4v) is 4.52. The Morgan fingerprint density at radius 2 is 1.77 bits per heavy atom. The van der Waals surface area contributed by atoms with Gasteiger partial charge in [0.15, 0.2) is 0 Å². The number of hydrogen-bond donors (Lipinski definition) is 2. The normalized spacial score (nSPS) is 23.1. The first kappa shape index (κ1) is 20.7. The third kappa shape index (κ3) is 4.02. The Balaban J connectivity index is 1.42. The first-order valence-corrected chi connectivity index (χ1v) is 10.8. The molecule has 8 heteroatoms. The van der Waals surface area contributed by atoms with E-state index in [1.54, 1.807) is 12.1 Å². The van der Waals surface area contributed by atoms with Gasteiger partial charge in [-0.3, -0.25) is 34.3 Å². The van der Waals surface area contributed by atoms with E-state index in [9.17, 15) is 19.2 Å². The predicted octanol–water partition coefficient (Wildman–Crippen LogP) is 1.05. The quantitative estimate of drug-likeness (QED) is 0.678. The van der Waals surface area contributed by atoms with Gasteiger partial charge in [-0.05, 0) is 63.0 Å². The Morgan fingerprint density at radius 1 is 1.03 bits per heavy atom. The molecule has 4 rings (SSSR count). The van der Waals surface area contributed by atoms with E-state index >= 15 is 0 Å². The van der Waals surface area contributed by atoms with Gasteiger partial charge < -0.3 is 5.32 Å². The Kier molecular flexibility index (Phi) is 5.97. The van der Waals surface area contributed by atoms with E-state index in [4.69, 9.17) is 0 Å². The number of carbonyl (C=O) groups excluding carboxylic acids is 4. The van der Waals surface area contributed by atoms with E-state index < -0.39 is 23.8 Å². The van der Waals surface area contributed by atoms with Crippen molar-refractivity contribution in [1.29, 1.82) is 0 Å². The van der Waals surface area contributed by atoms with E-state index in [2.05, 4.69) is 22.5 Å². The Bertz CT molecular complexity index is 876. The van der Waals surface area contributed by atoms with Crippen molar-refractivity contribution in [2.24, 2.45) is 0 Å². The Hall–Kier alpha value is -2.58. The predicted molar refractivity (Wildman–Crippen MR) is 110 cm³/mol. The maximum absolute atomic E-state index is 12.9. The molecule has 2 N–H and O–H groups in total. The summed E-state index contributed by atoms with van der Waals surface area (Å²) in [5, 5.41) is 5.79. The molecule has 4 amide bonds. The van der Waals surface area contributed by atoms with Crippen molar-refractivity contribution in [3.63, 3.8) is 0 Å². The second-order valence-electron chi connectivity index (χ2n) is 8.33. The van der Waals surface area contributed by atoms with Gasteiger partial charge in [0.1, 0.15) is 6.04 Å². The van der Waals surface area contributed by atoms with Gasteiger partial charge in [0.2, 0.25) is 11.8 Å². The standard InChI is InChI=1S/C22H28N4O4/c1-2-9-23-15-7-10-25(11-8-15)13-14-3-4-16-17(12-14)22(30)26(21(16)29)18-5-6-19(27)24-20(18)28/h3-4,12,15,18,23H,2,5-11,13H2,1H3,(H,24,27,28). The zero-order chi connectivity index (χ0) is 21.3. The summed E-state index contributed by atoms with van der Waals surface area (Å²) in [6.45, 7) is 5.94. The highest BCUT2D eigenvalue weighted by Crippen LogP contribution is 2.29. The Labute approximate surface area is 176 Å². The number of imide groups is 2. The first-order valence-electron chi connectivity index (χ1n) is 10.8. The molecule has 30 heavy (non-hydrogen) atoms. The minimum Gasteiger partial charge on any atom is -0.314 e. The lowest BCUT2D eigenvalue weighted by Crippen LogP contribution is -2.54. The molecule has 8 nitrogen and oxygen atoms in total. The minimum atomic E-state index is -0.923. The van der Waals surface area contributed by atoms with Crippen molar-refractivity contribution in [2.75, 3.05) is 19.6 Å². The van der Waals surface area contributed by atoms with E-state index in [0.29, 0.717) is 17.2 Å². The van der Waals surface area contributed by atoms with Crippen LogP contribution in [-0.4, -0.2) is 65.1 Å². The molecule has 0 aromatic heterocycles. The zero-order valence-corrected chi connectivity index (χ0v) is 17.3. The maximum Gasteiger partial charge on any atom is 0.262 e. The topological polar surface area (TPSA) is 98.8 Å². The number of nitrogens with one attached hydrogen (secondary N) is 2. The van der Waals surface area contributed by atoms with Crippen LogP contribution in [0, 0.1) is 0 Å². The van der Waals surface area contributed by atoms with Gasteiger partial charge in [-0.1, -0.05) is 13.0 Å². The van der Waals surface area contributed by atoms with E-state index in [1.807, 2.05) is 6.07 Å². The van der Waals surface area contributed by atoms with Crippen LogP contribution in [0.1, 0.15) is 65.3 Å². The highest BCUT2D eigenvalue weighted by molar-refractivity contribution is 6.23. The molecular formula is C22H28N4O4. The van der Waals surface area contributed by atoms with E-state index in [0.717, 1.165) is 55.9 Å². The average Bonchev–Trinajstić information content (AvgIpc) is 2.98. The van der Waals surface area contributed by atoms with Crippen molar-refractivity contribution >= 4 is 23.6 Å². The molecule has 1 unspecified atom stereocenters. The van der Waals surface area contributed by atoms with Crippen LogP contribution in [-0.2, 0) is 16.1 Å². The van der Waals surface area contributed by atoms with Crippen molar-refractivity contribution in [3.8, 4) is 0 Å². The highest BCUT2D eigenvalue weighted by atomic mass is 16.2. The van der Waals surface area contributed by atoms with E-state index in [1.165, 1.54) is 0 Å². The smallest absolute Gasteiger partial charge is 0.262 e. The maximum atomic E-state index is 12.9. The van der Waals surface area contributed by atoms with Crippen LogP contribution in [0.25, 0.3) is 0 Å². The molecule has 1 atom stereocenters. The molecule has 0 spiro atoms. The molecule has 1 aromatic carbocycles. The van der Waals surface area contributed by atoms with Crippen molar-refractivity contribution in [3.05, 3.63) is 34.9 Å². The van der Waals surface area contributed by atoms with Gasteiger partial charge in [0, 0.05) is 19.0 Å². The van der Waals surface area contributed by atoms with Crippen LogP contribution >= 0.6 is 0 Å². The van der Waals surface area contributed by atoms with Gasteiger partial charge in [-0.25, -0.2) is 0 Å². The minimum absolute atomic E-state index is 0.123. The fourth-order valence-electron chi connectivity index (χ4n) is 4.52. The van der Waals surface area contributed by atoms with Crippen LogP contribution in [0.15, 0.2) is 18.2 Å². The highest BCUT2D eigenvalue weighted by Gasteiger charge is 2.44. The van der Waals surface area contributed by atoms with Gasteiger partial charge in [0.05, 0.1) is 11.1 Å². The lowest BCUT2D eigenvalue weighted by atomic mass is 10.0. The summed E-state index contributed by atoms with van der Waals surface area (Å²) >= 11 is 0. The first-order chi connectivity index (χ1) is 14.5. The summed E-state index contributed by atoms with van der Waals surface area (Å²) in [4.78, 5) is 52.7. The SMILES string of the molecule is CCCNC1CCN(Cc2ccc3c(c2)C(=O)N(C2CCC(=O)NC2=O)C3=O)CC1. The Morgan fingerprint density at radius 3 is 2.47 bits per heavy atom. The summed E-state index contributed by atoms with van der Waals surface area (Å²) < 4.78 is 0. The van der Waals surface area contributed by atoms with E-state index in [-0.39, 0.29) is 18.7 Å². The summed E-state index contributed by atoms with van der Waals surface area (Å²) in [5.41, 5.74) is 1.66. The summed E-state index contributed by atoms with van der Waals surface area (Å²) in [6.07, 6.45) is 3.64. The monoisotopic (exact) mass is 412 g/mol. The van der Waals surface area contributed by atoms with Crippen LogP contribution < -0.4 is 10.6 Å². The van der Waals surface area contributed by atoms with Gasteiger partial charge in [-0.15, -0.1) is 0 Å². The largest absolute Gasteiger partial charge is 0.314 e. The molecule has 0 aliphatic carbocycles. The molecule has 0 bridgehead atoms. The number of rotatable bonds is 6. The zero-order valence-electron chi connectivity index (χ0n) is 17.3. The molecule has 3 aliphatic rings. The van der Waals surface area contributed by atoms with Crippen LogP contribution in [0.2, 0.25) is 0 Å². The number of hydrogen-bond acceptors (Lipinski definition) is 6. The lowest BCUT2D eigenvalue weighted by molar-refractivity contribution is -0.136. The lowest BCUT2D eigenvalue weighted by Gasteiger charge is -2.32. The number of nitrogens with zero attached hydrogens (tertiary/aromatic N) is 2. The van der Waals surface area contributed by atoms with Crippen molar-refractivity contribution < 1.29 is 19.2 Å². The molecule has 3 aliphatic heterocycles. The molecule has 0 radical (unpaired) electrons. The third-order valence-corrected chi connectivity index (χ3v) is 6.18. The number of fused-ring (bicyclic) bond motifs is 1. The number of carbonyl (C=O) groups is 4. The summed E-state index contributed by atoms with van der Waals surface area (Å²) in [6, 6.07) is 5.00. The fraction of sp³-hybridized carbons (Fsp3) is 0.545. The molecular weight excluding hydrogens is 384 g/mol. The summed E-state index contributed by atoms with van der Waals surface area (Å²) in [7, 11) is 0. The molecule has 3 heterocycles. The number of amides is 4. The number of benzene rings is 1. The van der Waals surface area contributed by atoms with Gasteiger partial charge >= 0.3 is 0 Å². The van der Waals surface area contributed by atoms with Crippen molar-refractivity contribution in [2.45, 2.75) is 57.7 Å². The van der Waals surface area contributed by atoms with Crippen LogP contribution in [0.5, 0.6) is 0 Å². The van der Waals surface area contributed by atoms with Crippen molar-refractivity contribution in [1.82, 2.24) is 20.4 Å². The molecule has 2 saturated heterocycles. The van der Waals surface area contributed by atoms with Crippen LogP contribution in [0.4, 0.5) is 0 Å². The molecule has 2 fully saturated rings. The van der Waals surface area contributed by atoms with Gasteiger partial charge in [0.25, 0.3) is 11.8 Å². The molecule has 1 aromatic rings. The number of likely N-dealkylation sites (tertiary alicyclic amines) is 1. The second-order valence-corrected chi connectivity index (χ2v) is 8.33. The third-order valence-electron chi connectivity index (χ3n) is 6.18. The number of piperidine rings is 2. The molecule has 160 valence electrons.